The smallest absolute Gasteiger partial charge is 0.320 e. The second-order valence-corrected chi connectivity index (χ2v) is 2.62. The van der Waals surface area contributed by atoms with Crippen molar-refractivity contribution in [2.24, 2.45) is 0 Å². The average Bonchev–Trinajstić information content (AvgIpc) is 2.55. The third-order valence-electron chi connectivity index (χ3n) is 2.05. The number of likely N-dealkylation sites (tertiary alicyclic amines) is 1. The molecular weight excluding hydrogens is 154 g/mol. The minimum absolute atomic E-state index is 0.204. The molecule has 0 aromatic heterocycles. The molecule has 3 heteroatoms. The van der Waals surface area contributed by atoms with E-state index in [0.29, 0.717) is 0 Å². The van der Waals surface area contributed by atoms with Crippen LogP contribution in [0.1, 0.15) is 33.6 Å². The van der Waals surface area contributed by atoms with Gasteiger partial charge in [-0.2, -0.15) is 0 Å². The van der Waals surface area contributed by atoms with Gasteiger partial charge in [0.2, 0.25) is 0 Å². The molecule has 0 bridgehead atoms. The van der Waals surface area contributed by atoms with Crippen LogP contribution in [0.25, 0.3) is 0 Å². The average molecular weight is 173 g/mol. The second kappa shape index (κ2) is 6.00. The third-order valence-corrected chi connectivity index (χ3v) is 2.05. The lowest BCUT2D eigenvalue weighted by Gasteiger charge is -2.17. The van der Waals surface area contributed by atoms with Crippen LogP contribution in [0.3, 0.4) is 0 Å². The van der Waals surface area contributed by atoms with Gasteiger partial charge in [-0.05, 0) is 25.9 Å². The van der Waals surface area contributed by atoms with Crippen LogP contribution < -0.4 is 0 Å². The van der Waals surface area contributed by atoms with E-state index >= 15 is 0 Å². The van der Waals surface area contributed by atoms with E-state index in [0.717, 1.165) is 25.9 Å². The second-order valence-electron chi connectivity index (χ2n) is 2.62. The summed E-state index contributed by atoms with van der Waals surface area (Å²) in [6.45, 7) is 7.81. The summed E-state index contributed by atoms with van der Waals surface area (Å²) >= 11 is 0. The van der Waals surface area contributed by atoms with E-state index in [4.69, 9.17) is 5.11 Å². The molecule has 0 aromatic rings. The molecule has 1 aliphatic heterocycles. The zero-order valence-electron chi connectivity index (χ0n) is 8.21. The van der Waals surface area contributed by atoms with E-state index in [1.807, 2.05) is 25.7 Å². The van der Waals surface area contributed by atoms with Crippen LogP contribution in [0.2, 0.25) is 0 Å². The minimum atomic E-state index is -0.667. The van der Waals surface area contributed by atoms with Gasteiger partial charge in [0.05, 0.1) is 0 Å². The zero-order valence-corrected chi connectivity index (χ0v) is 8.21. The Morgan fingerprint density at radius 3 is 2.50 bits per heavy atom. The number of nitrogens with zero attached hydrogens (tertiary/aromatic N) is 1. The maximum absolute atomic E-state index is 10.5. The quantitative estimate of drug-likeness (QED) is 0.689. The maximum atomic E-state index is 10.5. The fourth-order valence-corrected chi connectivity index (χ4v) is 1.48. The fraction of sp³-hybridized carbons (Fsp3) is 0.889. The summed E-state index contributed by atoms with van der Waals surface area (Å²) in [6, 6.07) is -0.204. The molecule has 0 unspecified atom stereocenters. The SMILES string of the molecule is CC.CCN1CCC[C@@H]1C(=O)O. The number of carboxylic acids is 1. The van der Waals surface area contributed by atoms with E-state index in [-0.39, 0.29) is 6.04 Å². The van der Waals surface area contributed by atoms with Crippen LogP contribution in [0.5, 0.6) is 0 Å². The molecule has 3 nitrogen and oxygen atoms in total. The number of likely N-dealkylation sites (N-methyl/N-ethyl adjacent to an activating group) is 1. The molecule has 0 radical (unpaired) electrons. The first kappa shape index (κ1) is 11.4. The molecule has 1 aliphatic rings. The Bertz CT molecular complexity index is 136. The molecular formula is C9H19NO2. The molecule has 0 amide bonds. The van der Waals surface area contributed by atoms with E-state index in [1.165, 1.54) is 0 Å². The van der Waals surface area contributed by atoms with Gasteiger partial charge in [-0.15, -0.1) is 0 Å². The molecule has 0 aliphatic carbocycles. The minimum Gasteiger partial charge on any atom is -0.480 e. The highest BCUT2D eigenvalue weighted by Gasteiger charge is 2.28. The van der Waals surface area contributed by atoms with Gasteiger partial charge in [-0.1, -0.05) is 20.8 Å². The van der Waals surface area contributed by atoms with Crippen molar-refractivity contribution < 1.29 is 9.90 Å². The first-order chi connectivity index (χ1) is 5.75. The topological polar surface area (TPSA) is 40.5 Å². The molecule has 1 heterocycles. The van der Waals surface area contributed by atoms with Crippen LogP contribution in [0.15, 0.2) is 0 Å². The maximum Gasteiger partial charge on any atom is 0.320 e. The van der Waals surface area contributed by atoms with Crippen LogP contribution in [-0.4, -0.2) is 35.1 Å². The Morgan fingerprint density at radius 1 is 1.58 bits per heavy atom. The van der Waals surface area contributed by atoms with Crippen molar-refractivity contribution in [3.05, 3.63) is 0 Å². The van der Waals surface area contributed by atoms with Crippen LogP contribution >= 0.6 is 0 Å². The van der Waals surface area contributed by atoms with Crippen LogP contribution in [0, 0.1) is 0 Å². The Kier molecular flexibility index (Phi) is 5.72. The summed E-state index contributed by atoms with van der Waals surface area (Å²) < 4.78 is 0. The zero-order chi connectivity index (χ0) is 9.56. The van der Waals surface area contributed by atoms with Gasteiger partial charge in [0, 0.05) is 0 Å². The highest BCUT2D eigenvalue weighted by molar-refractivity contribution is 5.73. The third kappa shape index (κ3) is 2.81. The van der Waals surface area contributed by atoms with Crippen molar-refractivity contribution in [2.45, 2.75) is 39.7 Å². The summed E-state index contributed by atoms with van der Waals surface area (Å²) in [5.74, 6) is -0.667. The number of carboxylic acid groups (broad SMARTS) is 1. The van der Waals surface area contributed by atoms with Crippen molar-refractivity contribution in [3.63, 3.8) is 0 Å². The van der Waals surface area contributed by atoms with E-state index in [2.05, 4.69) is 0 Å². The lowest BCUT2D eigenvalue weighted by Crippen LogP contribution is -2.35. The van der Waals surface area contributed by atoms with E-state index in [1.54, 1.807) is 0 Å². The highest BCUT2D eigenvalue weighted by atomic mass is 16.4. The number of carbonyl (C=O) groups is 1. The lowest BCUT2D eigenvalue weighted by molar-refractivity contribution is -0.142. The Hall–Kier alpha value is -0.570. The van der Waals surface area contributed by atoms with Gasteiger partial charge in [0.1, 0.15) is 6.04 Å². The first-order valence-corrected chi connectivity index (χ1v) is 4.72. The number of rotatable bonds is 2. The van der Waals surface area contributed by atoms with Gasteiger partial charge in [-0.25, -0.2) is 0 Å². The molecule has 12 heavy (non-hydrogen) atoms. The van der Waals surface area contributed by atoms with Gasteiger partial charge in [0.15, 0.2) is 0 Å². The Morgan fingerprint density at radius 2 is 2.17 bits per heavy atom. The van der Waals surface area contributed by atoms with E-state index in [9.17, 15) is 4.79 Å². The molecule has 1 N–H and O–H groups in total. The van der Waals surface area contributed by atoms with Crippen molar-refractivity contribution >= 4 is 5.97 Å². The van der Waals surface area contributed by atoms with Crippen molar-refractivity contribution in [1.29, 1.82) is 0 Å². The highest BCUT2D eigenvalue weighted by Crippen LogP contribution is 2.15. The molecule has 72 valence electrons. The summed E-state index contributed by atoms with van der Waals surface area (Å²) in [5, 5.41) is 8.67. The summed E-state index contributed by atoms with van der Waals surface area (Å²) in [4.78, 5) is 12.5. The van der Waals surface area contributed by atoms with Crippen LogP contribution in [0.4, 0.5) is 0 Å². The lowest BCUT2D eigenvalue weighted by atomic mass is 10.2. The largest absolute Gasteiger partial charge is 0.480 e. The molecule has 1 rings (SSSR count). The van der Waals surface area contributed by atoms with Crippen LogP contribution in [-0.2, 0) is 4.79 Å². The monoisotopic (exact) mass is 173 g/mol. The number of aliphatic carboxylic acids is 1. The molecule has 0 aromatic carbocycles. The Balaban J connectivity index is 0.000000561. The summed E-state index contributed by atoms with van der Waals surface area (Å²) in [5.41, 5.74) is 0. The number of hydrogen-bond donors (Lipinski definition) is 1. The molecule has 1 fully saturated rings. The van der Waals surface area contributed by atoms with Crippen molar-refractivity contribution in [2.75, 3.05) is 13.1 Å². The normalized spacial score (nSPS) is 23.1. The predicted octanol–water partition coefficient (Wildman–Crippen LogP) is 1.58. The first-order valence-electron chi connectivity index (χ1n) is 4.72. The standard InChI is InChI=1S/C7H13NO2.C2H6/c1-2-8-5-3-4-6(8)7(9)10;1-2/h6H,2-5H2,1H3,(H,9,10);1-2H3/t6-;/m1./s1. The molecule has 1 atom stereocenters. The molecule has 1 saturated heterocycles. The van der Waals surface area contributed by atoms with E-state index < -0.39 is 5.97 Å². The summed E-state index contributed by atoms with van der Waals surface area (Å²) in [7, 11) is 0. The molecule has 0 saturated carbocycles. The van der Waals surface area contributed by atoms with Gasteiger partial charge in [-0.3, -0.25) is 9.69 Å². The van der Waals surface area contributed by atoms with Gasteiger partial charge >= 0.3 is 5.97 Å². The Labute approximate surface area is 74.4 Å². The molecule has 0 spiro atoms. The van der Waals surface area contributed by atoms with Crippen molar-refractivity contribution in [1.82, 2.24) is 4.90 Å². The van der Waals surface area contributed by atoms with Gasteiger partial charge in [0.25, 0.3) is 0 Å². The van der Waals surface area contributed by atoms with Crippen molar-refractivity contribution in [3.8, 4) is 0 Å². The van der Waals surface area contributed by atoms with Gasteiger partial charge < -0.3 is 5.11 Å². The predicted molar refractivity (Wildman–Crippen MR) is 49.3 cm³/mol. The number of hydrogen-bond acceptors (Lipinski definition) is 2. The fourth-order valence-electron chi connectivity index (χ4n) is 1.48. The summed E-state index contributed by atoms with van der Waals surface area (Å²) in [6.07, 6.45) is 1.86.